The number of hydrogen-bond acceptors (Lipinski definition) is 7. The molecule has 8 heteroatoms. The van der Waals surface area contributed by atoms with Gasteiger partial charge in [-0.15, -0.1) is 0 Å². The van der Waals surface area contributed by atoms with E-state index in [2.05, 4.69) is 9.27 Å². The number of benzene rings is 1. The number of piperidine rings is 1. The minimum Gasteiger partial charge on any atom is -0.504 e. The molecule has 0 radical (unpaired) electrons. The fourth-order valence-corrected chi connectivity index (χ4v) is 7.77. The Bertz CT molecular complexity index is 1120. The second-order valence-corrected chi connectivity index (χ2v) is 11.3. The van der Waals surface area contributed by atoms with E-state index >= 15 is 0 Å². The number of carbonyl (C=O) groups excluding carboxylic acids is 1. The molecule has 174 valence electrons. The van der Waals surface area contributed by atoms with E-state index in [1.165, 1.54) is 29.9 Å². The van der Waals surface area contributed by atoms with E-state index < -0.39 is 11.0 Å². The molecule has 2 aliphatic carbocycles. The van der Waals surface area contributed by atoms with E-state index in [1.807, 2.05) is 22.4 Å². The third-order valence-electron chi connectivity index (χ3n) is 8.97. The molecule has 1 aromatic heterocycles. The third kappa shape index (κ3) is 2.74. The van der Waals surface area contributed by atoms with Crippen molar-refractivity contribution < 1.29 is 19.7 Å². The quantitative estimate of drug-likeness (QED) is 0.716. The fraction of sp³-hybridized carbons (Fsp3) is 0.600. The van der Waals surface area contributed by atoms with Gasteiger partial charge < -0.3 is 19.8 Å². The first-order chi connectivity index (χ1) is 16.0. The van der Waals surface area contributed by atoms with Gasteiger partial charge in [0.1, 0.15) is 6.10 Å². The number of aromatic nitrogens is 1. The van der Waals surface area contributed by atoms with Crippen molar-refractivity contribution in [3.05, 3.63) is 40.4 Å². The summed E-state index contributed by atoms with van der Waals surface area (Å²) in [5, 5.41) is 25.2. The van der Waals surface area contributed by atoms with Gasteiger partial charge in [-0.05, 0) is 73.8 Å². The van der Waals surface area contributed by atoms with Gasteiger partial charge in [0, 0.05) is 30.1 Å². The van der Waals surface area contributed by atoms with Gasteiger partial charge in [0.05, 0.1) is 29.7 Å². The number of hydrogen-bond donors (Lipinski definition) is 2. The summed E-state index contributed by atoms with van der Waals surface area (Å²) >= 11 is 1.35. The van der Waals surface area contributed by atoms with Crippen LogP contribution in [0, 0.1) is 5.92 Å². The summed E-state index contributed by atoms with van der Waals surface area (Å²) in [4.78, 5) is 17.6. The number of phenols is 1. The van der Waals surface area contributed by atoms with Crippen LogP contribution in [0.1, 0.15) is 42.5 Å². The van der Waals surface area contributed by atoms with Crippen LogP contribution in [0.5, 0.6) is 11.5 Å². The Kier molecular flexibility index (Phi) is 4.25. The third-order valence-corrected chi connectivity index (χ3v) is 9.56. The molecule has 33 heavy (non-hydrogen) atoms. The minimum absolute atomic E-state index is 0.00883. The smallest absolute Gasteiger partial charge is 0.228 e. The largest absolute Gasteiger partial charge is 0.504 e. The molecule has 7 nitrogen and oxygen atoms in total. The molecular formula is C25H29N3O4S. The van der Waals surface area contributed by atoms with Crippen molar-refractivity contribution in [1.29, 1.82) is 0 Å². The molecule has 1 aromatic carbocycles. The average Bonchev–Trinajstić information content (AvgIpc) is 3.38. The predicted molar refractivity (Wildman–Crippen MR) is 123 cm³/mol. The van der Waals surface area contributed by atoms with Crippen LogP contribution < -0.4 is 4.74 Å². The average molecular weight is 468 g/mol. The highest BCUT2D eigenvalue weighted by molar-refractivity contribution is 7.03. The van der Waals surface area contributed by atoms with Crippen molar-refractivity contribution >= 4 is 17.4 Å². The number of likely N-dealkylation sites (tertiary alicyclic amines) is 2. The predicted octanol–water partition coefficient (Wildman–Crippen LogP) is 2.09. The van der Waals surface area contributed by atoms with Gasteiger partial charge in [-0.2, -0.15) is 4.37 Å². The van der Waals surface area contributed by atoms with Gasteiger partial charge in [0.2, 0.25) is 5.91 Å². The number of aromatic hydroxyl groups is 1. The van der Waals surface area contributed by atoms with Crippen LogP contribution in [-0.4, -0.2) is 74.2 Å². The first kappa shape index (κ1) is 20.2. The maximum atomic E-state index is 13.3. The summed E-state index contributed by atoms with van der Waals surface area (Å²) in [6, 6.07) is 5.65. The van der Waals surface area contributed by atoms with Crippen molar-refractivity contribution in [2.24, 2.45) is 5.92 Å². The summed E-state index contributed by atoms with van der Waals surface area (Å²) < 4.78 is 10.8. The Balaban J connectivity index is 1.31. The number of phenolic OH excluding ortho intramolecular Hbond substituents is 1. The summed E-state index contributed by atoms with van der Waals surface area (Å²) in [7, 11) is 0. The molecule has 1 amide bonds. The normalized spacial score (nSPS) is 34.5. The lowest BCUT2D eigenvalue weighted by atomic mass is 9.52. The molecule has 7 rings (SSSR count). The van der Waals surface area contributed by atoms with Crippen LogP contribution >= 0.6 is 11.5 Å². The van der Waals surface area contributed by atoms with E-state index in [9.17, 15) is 15.0 Å². The van der Waals surface area contributed by atoms with Crippen LogP contribution in [0.15, 0.2) is 23.6 Å². The Labute approximate surface area is 197 Å². The number of nitrogens with zero attached hydrogens (tertiary/aromatic N) is 3. The number of ether oxygens (including phenoxy) is 1. The van der Waals surface area contributed by atoms with Gasteiger partial charge in [-0.25, -0.2) is 0 Å². The summed E-state index contributed by atoms with van der Waals surface area (Å²) in [5.74, 6) is 1.43. The molecule has 2 N–H and O–H groups in total. The standard InChI is InChI=1S/C25H29N3O4S/c29-18-4-3-16-11-19-25(31)7-9-28(21(30)12-17-5-10-33-26-17)14-20-24(25,22(16)23(18)32-20)6-8-27(19)13-15-1-2-15/h3-5,10,15,19-20,29,31H,1-2,6-9,11-14H2/t19-,20+,24-,25-/m1/s1. The van der Waals surface area contributed by atoms with E-state index in [-0.39, 0.29) is 30.2 Å². The summed E-state index contributed by atoms with van der Waals surface area (Å²) in [6.45, 7) is 2.90. The maximum absolute atomic E-state index is 13.3. The van der Waals surface area contributed by atoms with Crippen molar-refractivity contribution in [1.82, 2.24) is 14.2 Å². The molecule has 4 heterocycles. The van der Waals surface area contributed by atoms with E-state index in [4.69, 9.17) is 4.74 Å². The van der Waals surface area contributed by atoms with Crippen LogP contribution in [0.4, 0.5) is 0 Å². The summed E-state index contributed by atoms with van der Waals surface area (Å²) in [5.41, 5.74) is 1.39. The van der Waals surface area contributed by atoms with Crippen LogP contribution in [0.25, 0.3) is 0 Å². The van der Waals surface area contributed by atoms with Gasteiger partial charge >= 0.3 is 0 Å². The highest BCUT2D eigenvalue weighted by atomic mass is 32.1. The van der Waals surface area contributed by atoms with E-state index in [0.29, 0.717) is 25.3 Å². The Morgan fingerprint density at radius 2 is 2.12 bits per heavy atom. The minimum atomic E-state index is -0.994. The molecule has 2 saturated heterocycles. The first-order valence-electron chi connectivity index (χ1n) is 12.1. The zero-order valence-electron chi connectivity index (χ0n) is 18.6. The Hall–Kier alpha value is -2.16. The summed E-state index contributed by atoms with van der Waals surface area (Å²) in [6.07, 6.45) is 4.54. The van der Waals surface area contributed by atoms with Crippen molar-refractivity contribution in [2.45, 2.75) is 61.7 Å². The molecule has 1 spiro atoms. The topological polar surface area (TPSA) is 86.1 Å². The number of amides is 1. The molecule has 5 aliphatic rings. The lowest BCUT2D eigenvalue weighted by Crippen LogP contribution is -2.74. The first-order valence-corrected chi connectivity index (χ1v) is 13.0. The van der Waals surface area contributed by atoms with Gasteiger partial charge in [-0.1, -0.05) is 6.07 Å². The van der Waals surface area contributed by atoms with Crippen molar-refractivity contribution in [3.63, 3.8) is 0 Å². The maximum Gasteiger partial charge on any atom is 0.228 e. The van der Waals surface area contributed by atoms with Gasteiger partial charge in [-0.3, -0.25) is 9.69 Å². The van der Waals surface area contributed by atoms with Crippen LogP contribution in [0.2, 0.25) is 0 Å². The highest BCUT2D eigenvalue weighted by Crippen LogP contribution is 2.63. The monoisotopic (exact) mass is 467 g/mol. The molecule has 3 fully saturated rings. The second-order valence-electron chi connectivity index (χ2n) is 10.6. The zero-order valence-corrected chi connectivity index (χ0v) is 19.4. The number of rotatable bonds is 4. The van der Waals surface area contributed by atoms with E-state index in [1.54, 1.807) is 6.07 Å². The van der Waals surface area contributed by atoms with Crippen molar-refractivity contribution in [3.8, 4) is 11.5 Å². The Morgan fingerprint density at radius 3 is 2.91 bits per heavy atom. The molecule has 3 aliphatic heterocycles. The lowest BCUT2D eigenvalue weighted by molar-refractivity contribution is -0.162. The zero-order chi connectivity index (χ0) is 22.4. The number of carbonyl (C=O) groups is 1. The van der Waals surface area contributed by atoms with Gasteiger partial charge in [0.15, 0.2) is 11.5 Å². The molecule has 2 aromatic rings. The van der Waals surface area contributed by atoms with Gasteiger partial charge in [0.25, 0.3) is 0 Å². The lowest BCUT2D eigenvalue weighted by Gasteiger charge is -2.60. The SMILES string of the molecule is O=C(Cc1ccsn1)N1CC[C@@]2(O)[C@H]3Cc4ccc(O)c5c4[C@@]2(CCN3CC2CC2)[C@H](C1)O5. The molecule has 0 unspecified atom stereocenters. The highest BCUT2D eigenvalue weighted by Gasteiger charge is 2.71. The van der Waals surface area contributed by atoms with Crippen molar-refractivity contribution in [2.75, 3.05) is 26.2 Å². The number of aliphatic hydroxyl groups is 1. The molecule has 1 saturated carbocycles. The van der Waals surface area contributed by atoms with Crippen LogP contribution in [0.3, 0.4) is 0 Å². The van der Waals surface area contributed by atoms with Crippen LogP contribution in [-0.2, 0) is 23.1 Å². The molecule has 2 bridgehead atoms. The Morgan fingerprint density at radius 1 is 1.24 bits per heavy atom. The molecular weight excluding hydrogens is 438 g/mol. The fourth-order valence-electron chi connectivity index (χ4n) is 7.23. The second kappa shape index (κ2) is 6.93. The molecule has 4 atom stereocenters. The van der Waals surface area contributed by atoms with E-state index in [0.717, 1.165) is 43.1 Å².